The van der Waals surface area contributed by atoms with E-state index in [0.717, 1.165) is 12.8 Å². The molecule has 1 saturated heterocycles. The molecule has 0 unspecified atom stereocenters. The van der Waals surface area contributed by atoms with Gasteiger partial charge in [0.2, 0.25) is 5.91 Å². The Morgan fingerprint density at radius 2 is 2.14 bits per heavy atom. The van der Waals surface area contributed by atoms with E-state index in [1.165, 1.54) is 0 Å². The van der Waals surface area contributed by atoms with Crippen LogP contribution in [0, 0.1) is 0 Å². The van der Waals surface area contributed by atoms with Gasteiger partial charge in [0.05, 0.1) is 6.04 Å². The highest BCUT2D eigenvalue weighted by Gasteiger charge is 2.30. The van der Waals surface area contributed by atoms with Gasteiger partial charge in [-0.1, -0.05) is 12.2 Å². The molecular formula is C10H15FN2O. The lowest BCUT2D eigenvalue weighted by atomic mass is 10.1. The molecule has 14 heavy (non-hydrogen) atoms. The Hall–Kier alpha value is -0.900. The molecule has 78 valence electrons. The molecule has 1 fully saturated rings. The number of hydrogen-bond donors (Lipinski definition) is 2. The summed E-state index contributed by atoms with van der Waals surface area (Å²) in [5.74, 6) is -0.0566. The summed E-state index contributed by atoms with van der Waals surface area (Å²) >= 11 is 0. The molecule has 0 aromatic carbocycles. The summed E-state index contributed by atoms with van der Waals surface area (Å²) in [6, 6.07) is -0.103. The highest BCUT2D eigenvalue weighted by Crippen LogP contribution is 2.13. The fourth-order valence-electron chi connectivity index (χ4n) is 1.93. The monoisotopic (exact) mass is 198 g/mol. The third kappa shape index (κ3) is 2.12. The van der Waals surface area contributed by atoms with Crippen molar-refractivity contribution in [3.8, 4) is 0 Å². The van der Waals surface area contributed by atoms with E-state index in [9.17, 15) is 9.18 Å². The lowest BCUT2D eigenvalue weighted by Gasteiger charge is -2.15. The first-order chi connectivity index (χ1) is 6.75. The molecule has 1 amide bonds. The summed E-state index contributed by atoms with van der Waals surface area (Å²) in [6.45, 7) is 0.307. The van der Waals surface area contributed by atoms with Gasteiger partial charge < -0.3 is 10.6 Å². The smallest absolute Gasteiger partial charge is 0.237 e. The van der Waals surface area contributed by atoms with Crippen LogP contribution >= 0.6 is 0 Å². The van der Waals surface area contributed by atoms with Gasteiger partial charge >= 0.3 is 0 Å². The highest BCUT2D eigenvalue weighted by molar-refractivity contribution is 5.82. The minimum absolute atomic E-state index is 0.0566. The van der Waals surface area contributed by atoms with Gasteiger partial charge in [-0.25, -0.2) is 4.39 Å². The minimum Gasteiger partial charge on any atom is -0.351 e. The van der Waals surface area contributed by atoms with Gasteiger partial charge in [-0.2, -0.15) is 0 Å². The first-order valence-electron chi connectivity index (χ1n) is 5.08. The fraction of sp³-hybridized carbons (Fsp3) is 0.700. The predicted molar refractivity (Wildman–Crippen MR) is 51.6 cm³/mol. The zero-order valence-electron chi connectivity index (χ0n) is 8.00. The maximum Gasteiger partial charge on any atom is 0.237 e. The molecule has 2 atom stereocenters. The first kappa shape index (κ1) is 9.65. The number of amides is 1. The number of nitrogens with one attached hydrogen (secondary N) is 2. The Kier molecular flexibility index (Phi) is 2.82. The summed E-state index contributed by atoms with van der Waals surface area (Å²) in [7, 11) is 0. The Labute approximate surface area is 82.7 Å². The van der Waals surface area contributed by atoms with Crippen molar-refractivity contribution in [2.75, 3.05) is 6.54 Å². The van der Waals surface area contributed by atoms with Crippen LogP contribution in [0.4, 0.5) is 4.39 Å². The molecule has 0 aromatic rings. The molecule has 1 heterocycles. The maximum atomic E-state index is 12.8. The largest absolute Gasteiger partial charge is 0.351 e. The topological polar surface area (TPSA) is 41.1 Å². The average Bonchev–Trinajstić information content (AvgIpc) is 2.75. The molecule has 3 nitrogen and oxygen atoms in total. The predicted octanol–water partition coefficient (Wildman–Crippen LogP) is 0.521. The van der Waals surface area contributed by atoms with Crippen molar-refractivity contribution in [3.05, 3.63) is 12.2 Å². The zero-order chi connectivity index (χ0) is 9.97. The van der Waals surface area contributed by atoms with Gasteiger partial charge in [-0.3, -0.25) is 4.79 Å². The van der Waals surface area contributed by atoms with Crippen molar-refractivity contribution in [1.82, 2.24) is 10.6 Å². The second-order valence-electron chi connectivity index (χ2n) is 3.94. The number of alkyl halides is 1. The number of halogens is 1. The molecule has 2 N–H and O–H groups in total. The first-order valence-corrected chi connectivity index (χ1v) is 5.08. The molecule has 0 aromatic heterocycles. The van der Waals surface area contributed by atoms with Gasteiger partial charge in [-0.15, -0.1) is 0 Å². The zero-order valence-corrected chi connectivity index (χ0v) is 8.00. The van der Waals surface area contributed by atoms with Crippen LogP contribution in [0.25, 0.3) is 0 Å². The van der Waals surface area contributed by atoms with Crippen LogP contribution in [0.1, 0.15) is 19.3 Å². The quantitative estimate of drug-likeness (QED) is 0.635. The number of carbonyl (C=O) groups is 1. The van der Waals surface area contributed by atoms with Crippen molar-refractivity contribution in [2.24, 2.45) is 0 Å². The lowest BCUT2D eigenvalue weighted by molar-refractivity contribution is -0.123. The minimum atomic E-state index is -0.868. The fourth-order valence-corrected chi connectivity index (χ4v) is 1.93. The number of hydrogen-bond acceptors (Lipinski definition) is 2. The Morgan fingerprint density at radius 1 is 1.43 bits per heavy atom. The van der Waals surface area contributed by atoms with E-state index in [2.05, 4.69) is 22.8 Å². The summed E-state index contributed by atoms with van der Waals surface area (Å²) in [5.41, 5.74) is 0. The molecule has 1 aliphatic carbocycles. The summed E-state index contributed by atoms with van der Waals surface area (Å²) in [4.78, 5) is 11.6. The second-order valence-corrected chi connectivity index (χ2v) is 3.94. The van der Waals surface area contributed by atoms with Gasteiger partial charge in [0, 0.05) is 19.0 Å². The molecular weight excluding hydrogens is 183 g/mol. The van der Waals surface area contributed by atoms with Crippen molar-refractivity contribution >= 4 is 5.91 Å². The van der Waals surface area contributed by atoms with E-state index in [1.54, 1.807) is 0 Å². The van der Waals surface area contributed by atoms with Gasteiger partial charge in [-0.05, 0) is 12.8 Å². The van der Waals surface area contributed by atoms with Gasteiger partial charge in [0.15, 0.2) is 0 Å². The Bertz CT molecular complexity index is 247. The van der Waals surface area contributed by atoms with Crippen LogP contribution in [0.5, 0.6) is 0 Å². The number of carbonyl (C=O) groups excluding carboxylic acids is 1. The van der Waals surface area contributed by atoms with Crippen molar-refractivity contribution in [3.63, 3.8) is 0 Å². The van der Waals surface area contributed by atoms with E-state index in [-0.39, 0.29) is 18.0 Å². The molecule has 2 rings (SSSR count). The third-order valence-electron chi connectivity index (χ3n) is 2.75. The molecule has 1 aliphatic heterocycles. The molecule has 0 bridgehead atoms. The second kappa shape index (κ2) is 4.09. The van der Waals surface area contributed by atoms with E-state index in [4.69, 9.17) is 0 Å². The Morgan fingerprint density at radius 3 is 2.71 bits per heavy atom. The van der Waals surface area contributed by atoms with Crippen molar-refractivity contribution in [1.29, 1.82) is 0 Å². The van der Waals surface area contributed by atoms with Crippen LogP contribution in [0.15, 0.2) is 12.2 Å². The average molecular weight is 198 g/mol. The van der Waals surface area contributed by atoms with Crippen LogP contribution in [-0.4, -0.2) is 30.7 Å². The van der Waals surface area contributed by atoms with E-state index >= 15 is 0 Å². The summed E-state index contributed by atoms with van der Waals surface area (Å²) < 4.78 is 12.8. The number of rotatable bonds is 2. The highest BCUT2D eigenvalue weighted by atomic mass is 19.1. The normalized spacial score (nSPS) is 32.4. The molecule has 0 radical (unpaired) electrons. The Balaban J connectivity index is 1.78. The molecule has 0 saturated carbocycles. The van der Waals surface area contributed by atoms with Gasteiger partial charge in [0.25, 0.3) is 0 Å². The SMILES string of the molecule is O=C(NC1CC=CC1)[C@H]1C[C@H](F)CN1. The van der Waals surface area contributed by atoms with Crippen LogP contribution in [-0.2, 0) is 4.79 Å². The van der Waals surface area contributed by atoms with Crippen molar-refractivity contribution in [2.45, 2.75) is 37.5 Å². The summed E-state index contributed by atoms with van der Waals surface area (Å²) in [5, 5.41) is 5.78. The standard InChI is InChI=1S/C10H15FN2O/c11-7-5-9(12-6-7)10(14)13-8-3-1-2-4-8/h1-2,7-9,12H,3-6H2,(H,13,14)/t7-,9+/m0/s1. The molecule has 0 spiro atoms. The molecule has 2 aliphatic rings. The van der Waals surface area contributed by atoms with E-state index in [0.29, 0.717) is 13.0 Å². The summed E-state index contributed by atoms with van der Waals surface area (Å²) in [6.07, 6.45) is 5.37. The van der Waals surface area contributed by atoms with Gasteiger partial charge in [0.1, 0.15) is 6.17 Å². The molecule has 4 heteroatoms. The van der Waals surface area contributed by atoms with Crippen LogP contribution < -0.4 is 10.6 Å². The lowest BCUT2D eigenvalue weighted by Crippen LogP contribution is -2.44. The van der Waals surface area contributed by atoms with Crippen LogP contribution in [0.3, 0.4) is 0 Å². The van der Waals surface area contributed by atoms with Crippen LogP contribution in [0.2, 0.25) is 0 Å². The van der Waals surface area contributed by atoms with Crippen molar-refractivity contribution < 1.29 is 9.18 Å². The maximum absolute atomic E-state index is 12.8. The third-order valence-corrected chi connectivity index (χ3v) is 2.75. The van der Waals surface area contributed by atoms with E-state index < -0.39 is 6.17 Å². The van der Waals surface area contributed by atoms with E-state index in [1.807, 2.05) is 0 Å².